The number of hydrogen-bond acceptors (Lipinski definition) is 11. The number of ether oxygens (including phenoxy) is 2. The molecule has 274 valence electrons. The number of carbonyl (C=O) groups is 6. The van der Waals surface area contributed by atoms with Crippen LogP contribution in [0.4, 0.5) is 5.69 Å². The normalized spacial score (nSPS) is 17.1. The number of rotatable bonds is 15. The van der Waals surface area contributed by atoms with Gasteiger partial charge in [-0.2, -0.15) is 0 Å². The Bertz CT molecular complexity index is 1860. The van der Waals surface area contributed by atoms with E-state index >= 15 is 0 Å². The molecule has 3 aliphatic rings. The van der Waals surface area contributed by atoms with Crippen molar-refractivity contribution in [1.82, 2.24) is 20.4 Å². The molecule has 2 aliphatic heterocycles. The number of nitrogens with zero attached hydrogens (tertiary/aromatic N) is 3. The molecule has 14 nitrogen and oxygen atoms in total. The Hall–Kier alpha value is -5.79. The Labute approximate surface area is 302 Å². The van der Waals surface area contributed by atoms with Crippen molar-refractivity contribution in [3.63, 3.8) is 0 Å². The molecule has 5 rings (SSSR count). The fourth-order valence-corrected chi connectivity index (χ4v) is 6.47. The van der Waals surface area contributed by atoms with Crippen LogP contribution in [-0.2, 0) is 25.6 Å². The van der Waals surface area contributed by atoms with Crippen LogP contribution in [0.2, 0.25) is 0 Å². The summed E-state index contributed by atoms with van der Waals surface area (Å²) in [6.07, 6.45) is 3.77. The maximum Gasteiger partial charge on any atom is 0.264 e. The number of nitrogens with one attached hydrogen (secondary N) is 3. The number of Topliss-reactive ketones (excluding diaryl/α,β-unsaturated/α-hetero) is 2. The first-order valence-electron chi connectivity index (χ1n) is 17.2. The lowest BCUT2D eigenvalue weighted by atomic mass is 9.92. The van der Waals surface area contributed by atoms with E-state index in [4.69, 9.17) is 9.47 Å². The average Bonchev–Trinajstić information content (AvgIpc) is 3.38. The number of carbonyl (C=O) groups excluding carboxylic acids is 6. The first-order chi connectivity index (χ1) is 24.9. The Morgan fingerprint density at radius 1 is 0.981 bits per heavy atom. The van der Waals surface area contributed by atoms with Crippen molar-refractivity contribution in [2.24, 2.45) is 4.99 Å². The minimum Gasteiger partial charge on any atom is -0.496 e. The third-order valence-corrected chi connectivity index (χ3v) is 9.32. The van der Waals surface area contributed by atoms with Gasteiger partial charge >= 0.3 is 0 Å². The van der Waals surface area contributed by atoms with E-state index in [2.05, 4.69) is 27.5 Å². The number of aliphatic imine (C=N–C) groups is 1. The minimum atomic E-state index is -0.972. The molecule has 0 spiro atoms. The largest absolute Gasteiger partial charge is 0.496 e. The Morgan fingerprint density at radius 2 is 1.67 bits per heavy atom. The quantitative estimate of drug-likeness (QED) is 0.141. The lowest BCUT2D eigenvalue weighted by Gasteiger charge is -2.27. The predicted octanol–water partition coefficient (Wildman–Crippen LogP) is 3.27. The highest BCUT2D eigenvalue weighted by Crippen LogP contribution is 2.36. The third-order valence-electron chi connectivity index (χ3n) is 9.32. The van der Waals surface area contributed by atoms with Gasteiger partial charge < -0.3 is 30.3 Å². The van der Waals surface area contributed by atoms with Crippen LogP contribution >= 0.6 is 0 Å². The zero-order chi connectivity index (χ0) is 37.5. The zero-order valence-corrected chi connectivity index (χ0v) is 29.9. The smallest absolute Gasteiger partial charge is 0.264 e. The highest BCUT2D eigenvalue weighted by molar-refractivity contribution is 6.25. The summed E-state index contributed by atoms with van der Waals surface area (Å²) in [5, 5.41) is 8.57. The van der Waals surface area contributed by atoms with Gasteiger partial charge in [0.1, 0.15) is 17.3 Å². The van der Waals surface area contributed by atoms with Gasteiger partial charge in [-0.15, -0.1) is 0 Å². The van der Waals surface area contributed by atoms with Crippen LogP contribution in [0.15, 0.2) is 53.8 Å². The second-order valence-corrected chi connectivity index (χ2v) is 12.8. The van der Waals surface area contributed by atoms with Crippen LogP contribution in [-0.4, -0.2) is 97.7 Å². The molecule has 1 unspecified atom stereocenters. The van der Waals surface area contributed by atoms with E-state index in [9.17, 15) is 28.8 Å². The van der Waals surface area contributed by atoms with Crippen LogP contribution < -0.4 is 25.4 Å². The molecule has 1 aliphatic carbocycles. The average molecular weight is 713 g/mol. The summed E-state index contributed by atoms with van der Waals surface area (Å²) in [7, 11) is 5.11. The van der Waals surface area contributed by atoms with Crippen molar-refractivity contribution in [3.05, 3.63) is 71.1 Å². The second kappa shape index (κ2) is 16.5. The molecule has 0 bridgehead atoms. The van der Waals surface area contributed by atoms with E-state index in [0.29, 0.717) is 56.0 Å². The van der Waals surface area contributed by atoms with Gasteiger partial charge in [-0.25, -0.2) is 4.99 Å². The van der Waals surface area contributed by atoms with Crippen LogP contribution in [0.3, 0.4) is 0 Å². The van der Waals surface area contributed by atoms with E-state index in [-0.39, 0.29) is 54.5 Å². The number of imide groups is 1. The molecule has 2 aromatic carbocycles. The number of anilines is 1. The van der Waals surface area contributed by atoms with Crippen LogP contribution in [0.5, 0.6) is 11.5 Å². The van der Waals surface area contributed by atoms with E-state index in [1.54, 1.807) is 26.4 Å². The molecular formula is C38H44N6O8. The standard InChI is InChI=1S/C38H44N6O8/c1-22-23(2)43(3)21-29(42-22)24-17-32(51-4)26(33(18-24)52-5)9-7-12-34(47)39-15-8-16-40-35(48)20-41-28-11-6-10-27-36(28)38(50)44(37(27)49)30-14-13-25(45)19-31(30)46/h6,10-11,17-18,21,30,41H,2,7-9,12-16,19-20H2,1,3-5H3,(H,39,47)(H,40,48). The van der Waals surface area contributed by atoms with E-state index < -0.39 is 23.6 Å². The number of methoxy groups -OCH3 is 2. The van der Waals surface area contributed by atoms with Crippen LogP contribution in [0.25, 0.3) is 5.70 Å². The lowest BCUT2D eigenvalue weighted by molar-refractivity contribution is -0.132. The Morgan fingerprint density at radius 3 is 2.33 bits per heavy atom. The van der Waals surface area contributed by atoms with Gasteiger partial charge in [-0.1, -0.05) is 12.6 Å². The summed E-state index contributed by atoms with van der Waals surface area (Å²) in [6, 6.07) is 7.54. The third kappa shape index (κ3) is 8.22. The monoisotopic (exact) mass is 712 g/mol. The number of amides is 4. The summed E-state index contributed by atoms with van der Waals surface area (Å²) in [5.74, 6) is -1.02. The maximum absolute atomic E-state index is 13.3. The summed E-state index contributed by atoms with van der Waals surface area (Å²) < 4.78 is 11.4. The molecular weight excluding hydrogens is 668 g/mol. The van der Waals surface area contributed by atoms with Crippen molar-refractivity contribution in [1.29, 1.82) is 0 Å². The lowest BCUT2D eigenvalue weighted by Crippen LogP contribution is -2.47. The van der Waals surface area contributed by atoms with Gasteiger partial charge in [0.15, 0.2) is 5.78 Å². The van der Waals surface area contributed by atoms with Gasteiger partial charge in [0, 0.05) is 56.0 Å². The topological polar surface area (TPSA) is 176 Å². The molecule has 0 aromatic heterocycles. The van der Waals surface area contributed by atoms with Gasteiger partial charge in [0.2, 0.25) is 11.8 Å². The molecule has 2 aromatic rings. The first-order valence-corrected chi connectivity index (χ1v) is 17.2. The van der Waals surface area contributed by atoms with Gasteiger partial charge in [0.25, 0.3) is 11.8 Å². The van der Waals surface area contributed by atoms with Crippen LogP contribution in [0.1, 0.15) is 77.3 Å². The fraction of sp³-hybridized carbons (Fsp3) is 0.395. The van der Waals surface area contributed by atoms with Crippen LogP contribution in [0, 0.1) is 0 Å². The Kier molecular flexibility index (Phi) is 11.9. The van der Waals surface area contributed by atoms with E-state index in [1.807, 2.05) is 37.2 Å². The molecule has 3 N–H and O–H groups in total. The van der Waals surface area contributed by atoms with E-state index in [1.165, 1.54) is 6.07 Å². The molecule has 14 heteroatoms. The number of fused-ring (bicyclic) bond motifs is 1. The van der Waals surface area contributed by atoms with Crippen molar-refractivity contribution >= 4 is 52.3 Å². The van der Waals surface area contributed by atoms with Crippen molar-refractivity contribution in [2.45, 2.75) is 57.9 Å². The molecule has 0 saturated heterocycles. The molecule has 52 heavy (non-hydrogen) atoms. The summed E-state index contributed by atoms with van der Waals surface area (Å²) in [6.45, 7) is 6.46. The highest BCUT2D eigenvalue weighted by atomic mass is 16.5. The maximum atomic E-state index is 13.3. The number of allylic oxidation sites excluding steroid dienone is 1. The summed E-state index contributed by atoms with van der Waals surface area (Å²) in [5.41, 5.74) is 4.65. The second-order valence-electron chi connectivity index (χ2n) is 12.8. The SMILES string of the molecule is C=C1C(C)=NC(c2cc(OC)c(CCCC(=O)NCCCNC(=O)CNc3cccc4c3C(=O)N(C3CCC(=O)CC3=O)C4=O)c(OC)c2)=CN1C. The zero-order valence-electron chi connectivity index (χ0n) is 29.9. The fourth-order valence-electron chi connectivity index (χ4n) is 6.47. The molecule has 2 heterocycles. The Balaban J connectivity index is 1.03. The van der Waals surface area contributed by atoms with Crippen molar-refractivity contribution in [2.75, 3.05) is 46.2 Å². The summed E-state index contributed by atoms with van der Waals surface area (Å²) >= 11 is 0. The number of ketones is 2. The van der Waals surface area contributed by atoms with Crippen molar-refractivity contribution in [3.8, 4) is 11.5 Å². The van der Waals surface area contributed by atoms with Crippen molar-refractivity contribution < 1.29 is 38.2 Å². The predicted molar refractivity (Wildman–Crippen MR) is 194 cm³/mol. The van der Waals surface area contributed by atoms with Gasteiger partial charge in [-0.3, -0.25) is 33.7 Å². The van der Waals surface area contributed by atoms with Gasteiger partial charge in [0.05, 0.1) is 61.5 Å². The minimum absolute atomic E-state index is 0.100. The highest BCUT2D eigenvalue weighted by Gasteiger charge is 2.45. The number of hydrogen-bond donors (Lipinski definition) is 3. The molecule has 1 fully saturated rings. The first kappa shape index (κ1) is 37.5. The number of benzene rings is 2. The summed E-state index contributed by atoms with van der Waals surface area (Å²) in [4.78, 5) is 83.0. The molecule has 1 atom stereocenters. The molecule has 0 radical (unpaired) electrons. The molecule has 1 saturated carbocycles. The van der Waals surface area contributed by atoms with E-state index in [0.717, 1.165) is 33.1 Å². The van der Waals surface area contributed by atoms with Gasteiger partial charge in [-0.05, 0) is 56.9 Å². The molecule has 4 amide bonds.